The fourth-order valence-corrected chi connectivity index (χ4v) is 4.20. The molecule has 0 bridgehead atoms. The van der Waals surface area contributed by atoms with Gasteiger partial charge >= 0.3 is 6.09 Å². The Hall–Kier alpha value is -2.77. The quantitative estimate of drug-likeness (QED) is 0.551. The Kier molecular flexibility index (Phi) is 6.31. The molecule has 0 saturated carbocycles. The van der Waals surface area contributed by atoms with Crippen molar-refractivity contribution in [3.05, 3.63) is 47.7 Å². The molecule has 4 rings (SSSR count). The van der Waals surface area contributed by atoms with Gasteiger partial charge in [0, 0.05) is 62.3 Å². The Labute approximate surface area is 193 Å². The van der Waals surface area contributed by atoms with Crippen LogP contribution in [-0.2, 0) is 16.2 Å². The predicted octanol–water partition coefficient (Wildman–Crippen LogP) is 5.02. The van der Waals surface area contributed by atoms with Gasteiger partial charge in [-0.05, 0) is 44.5 Å². The minimum absolute atomic E-state index is 0.245. The molecule has 0 N–H and O–H groups in total. The van der Waals surface area contributed by atoms with Crippen molar-refractivity contribution in [1.82, 2.24) is 14.5 Å². The molecule has 2 aromatic heterocycles. The topological polar surface area (TPSA) is 59.8 Å². The third kappa shape index (κ3) is 4.69. The van der Waals surface area contributed by atoms with Crippen LogP contribution >= 0.6 is 11.6 Å². The van der Waals surface area contributed by atoms with E-state index in [9.17, 15) is 4.79 Å². The molecule has 1 aliphatic heterocycles. The molecule has 0 aliphatic carbocycles. The van der Waals surface area contributed by atoms with E-state index in [1.807, 2.05) is 37.6 Å². The van der Waals surface area contributed by atoms with Gasteiger partial charge in [0.05, 0.1) is 5.02 Å². The van der Waals surface area contributed by atoms with Gasteiger partial charge in [0.25, 0.3) is 0 Å². The van der Waals surface area contributed by atoms with E-state index in [0.29, 0.717) is 24.8 Å². The van der Waals surface area contributed by atoms with Gasteiger partial charge < -0.3 is 23.8 Å². The second-order valence-electron chi connectivity index (χ2n) is 8.92. The maximum absolute atomic E-state index is 12.3. The number of methoxy groups -OCH3 is 1. The summed E-state index contributed by atoms with van der Waals surface area (Å²) in [6.45, 7) is 8.88. The molecule has 1 saturated heterocycles. The van der Waals surface area contributed by atoms with Crippen molar-refractivity contribution in [1.29, 1.82) is 0 Å². The van der Waals surface area contributed by atoms with Crippen LogP contribution in [0.25, 0.3) is 22.2 Å². The summed E-state index contributed by atoms with van der Waals surface area (Å²) < 4.78 is 12.8. The van der Waals surface area contributed by atoms with E-state index in [2.05, 4.69) is 34.1 Å². The summed E-state index contributed by atoms with van der Waals surface area (Å²) in [5.74, 6) is 0. The summed E-state index contributed by atoms with van der Waals surface area (Å²) in [5, 5.41) is 1.59. The van der Waals surface area contributed by atoms with Crippen LogP contribution in [0.5, 0.6) is 0 Å². The van der Waals surface area contributed by atoms with Crippen molar-refractivity contribution >= 4 is 34.4 Å². The number of fused-ring (bicyclic) bond motifs is 1. The Morgan fingerprint density at radius 1 is 1.09 bits per heavy atom. The summed E-state index contributed by atoms with van der Waals surface area (Å²) in [4.78, 5) is 20.8. The summed E-state index contributed by atoms with van der Waals surface area (Å²) in [7, 11) is 1.66. The van der Waals surface area contributed by atoms with E-state index in [-0.39, 0.29) is 6.09 Å². The predicted molar refractivity (Wildman–Crippen MR) is 127 cm³/mol. The second-order valence-corrected chi connectivity index (χ2v) is 9.33. The van der Waals surface area contributed by atoms with Crippen LogP contribution in [0, 0.1) is 0 Å². The highest BCUT2D eigenvalue weighted by molar-refractivity contribution is 6.36. The van der Waals surface area contributed by atoms with Crippen molar-refractivity contribution in [2.45, 2.75) is 33.1 Å². The first-order chi connectivity index (χ1) is 15.3. The lowest BCUT2D eigenvalue weighted by Crippen LogP contribution is -2.50. The first-order valence-corrected chi connectivity index (χ1v) is 11.1. The Bertz CT molecular complexity index is 1100. The summed E-state index contributed by atoms with van der Waals surface area (Å²) >= 11 is 6.51. The number of rotatable bonds is 4. The number of anilines is 1. The zero-order valence-corrected chi connectivity index (χ0v) is 19.7. The van der Waals surface area contributed by atoms with E-state index in [4.69, 9.17) is 21.1 Å². The number of carbonyl (C=O) groups excluding carboxylic acids is 1. The van der Waals surface area contributed by atoms with Crippen LogP contribution in [-0.4, -0.2) is 59.4 Å². The molecular formula is C24H29ClN4O3. The van der Waals surface area contributed by atoms with Crippen LogP contribution in [0.15, 0.2) is 42.7 Å². The second kappa shape index (κ2) is 9.00. The largest absolute Gasteiger partial charge is 0.444 e. The third-order valence-electron chi connectivity index (χ3n) is 5.45. The standard InChI is InChI=1S/C24H29ClN4O3/c1-24(2,3)32-23(30)28-13-11-27(12-14-28)18-7-5-17(6-8-18)19-15-29(16-31-4)22-21(19)20(25)9-10-26-22/h5-10,15H,11-14,16H2,1-4H3. The Balaban J connectivity index is 1.50. The number of hydrogen-bond acceptors (Lipinski definition) is 5. The first kappa shape index (κ1) is 22.4. The lowest BCUT2D eigenvalue weighted by molar-refractivity contribution is 0.0240. The maximum atomic E-state index is 12.3. The smallest absolute Gasteiger partial charge is 0.410 e. The minimum atomic E-state index is -0.477. The number of carbonyl (C=O) groups is 1. The van der Waals surface area contributed by atoms with E-state index < -0.39 is 5.60 Å². The van der Waals surface area contributed by atoms with Crippen LogP contribution in [0.4, 0.5) is 10.5 Å². The van der Waals surface area contributed by atoms with Crippen LogP contribution in [0.1, 0.15) is 20.8 Å². The molecule has 3 aromatic rings. The molecule has 0 atom stereocenters. The number of nitrogens with zero attached hydrogens (tertiary/aromatic N) is 4. The molecule has 3 heterocycles. The lowest BCUT2D eigenvalue weighted by atomic mass is 10.1. The van der Waals surface area contributed by atoms with Crippen molar-refractivity contribution in [3.63, 3.8) is 0 Å². The molecule has 7 nitrogen and oxygen atoms in total. The summed E-state index contributed by atoms with van der Waals surface area (Å²) in [6.07, 6.45) is 3.49. The van der Waals surface area contributed by atoms with E-state index >= 15 is 0 Å². The molecule has 1 aromatic carbocycles. The number of halogens is 1. The fraction of sp³-hybridized carbons (Fsp3) is 0.417. The highest BCUT2D eigenvalue weighted by atomic mass is 35.5. The number of pyridine rings is 1. The summed E-state index contributed by atoms with van der Waals surface area (Å²) in [6, 6.07) is 10.2. The van der Waals surface area contributed by atoms with Gasteiger partial charge in [0.2, 0.25) is 0 Å². The molecule has 170 valence electrons. The highest BCUT2D eigenvalue weighted by Gasteiger charge is 2.26. The lowest BCUT2D eigenvalue weighted by Gasteiger charge is -2.36. The zero-order valence-electron chi connectivity index (χ0n) is 19.0. The van der Waals surface area contributed by atoms with Gasteiger partial charge in [-0.15, -0.1) is 0 Å². The van der Waals surface area contributed by atoms with Crippen LogP contribution in [0.2, 0.25) is 5.02 Å². The molecule has 0 spiro atoms. The van der Waals surface area contributed by atoms with Gasteiger partial charge in [0.15, 0.2) is 0 Å². The van der Waals surface area contributed by atoms with Crippen molar-refractivity contribution < 1.29 is 14.3 Å². The maximum Gasteiger partial charge on any atom is 0.410 e. The monoisotopic (exact) mass is 456 g/mol. The first-order valence-electron chi connectivity index (χ1n) is 10.7. The number of hydrogen-bond donors (Lipinski definition) is 0. The van der Waals surface area contributed by atoms with Gasteiger partial charge in [-0.3, -0.25) is 0 Å². The molecule has 0 unspecified atom stereocenters. The molecule has 1 fully saturated rings. The number of ether oxygens (including phenoxy) is 2. The Morgan fingerprint density at radius 2 is 1.78 bits per heavy atom. The zero-order chi connectivity index (χ0) is 22.9. The van der Waals surface area contributed by atoms with Crippen molar-refractivity contribution in [3.8, 4) is 11.1 Å². The third-order valence-corrected chi connectivity index (χ3v) is 5.76. The van der Waals surface area contributed by atoms with Crippen molar-refractivity contribution in [2.24, 2.45) is 0 Å². The molecule has 32 heavy (non-hydrogen) atoms. The van der Waals surface area contributed by atoms with E-state index in [0.717, 1.165) is 40.9 Å². The molecule has 8 heteroatoms. The molecule has 1 aliphatic rings. The van der Waals surface area contributed by atoms with E-state index in [1.165, 1.54) is 0 Å². The highest BCUT2D eigenvalue weighted by Crippen LogP contribution is 2.35. The average Bonchev–Trinajstić information content (AvgIpc) is 3.13. The fourth-order valence-electron chi connectivity index (χ4n) is 3.96. The van der Waals surface area contributed by atoms with Crippen molar-refractivity contribution in [2.75, 3.05) is 38.2 Å². The molecule has 0 radical (unpaired) electrons. The van der Waals surface area contributed by atoms with Crippen LogP contribution < -0.4 is 4.90 Å². The van der Waals surface area contributed by atoms with Gasteiger partial charge in [-0.1, -0.05) is 23.7 Å². The number of aromatic nitrogens is 2. The van der Waals surface area contributed by atoms with E-state index in [1.54, 1.807) is 18.2 Å². The van der Waals surface area contributed by atoms with Gasteiger partial charge in [-0.2, -0.15) is 0 Å². The van der Waals surface area contributed by atoms with Gasteiger partial charge in [0.1, 0.15) is 18.0 Å². The average molecular weight is 457 g/mol. The number of amides is 1. The SMILES string of the molecule is COCn1cc(-c2ccc(N3CCN(C(=O)OC(C)(C)C)CC3)cc2)c2c(Cl)ccnc21. The normalized spacial score (nSPS) is 14.8. The summed E-state index contributed by atoms with van der Waals surface area (Å²) in [5.41, 5.74) is 3.54. The number of piperazine rings is 1. The van der Waals surface area contributed by atoms with Gasteiger partial charge in [-0.25, -0.2) is 9.78 Å². The molecular weight excluding hydrogens is 428 g/mol. The minimum Gasteiger partial charge on any atom is -0.444 e. The number of benzene rings is 1. The Morgan fingerprint density at radius 3 is 2.41 bits per heavy atom. The molecule has 1 amide bonds. The van der Waals surface area contributed by atoms with Crippen LogP contribution in [0.3, 0.4) is 0 Å².